The number of carbonyl (C=O) groups excluding carboxylic acids is 1. The fourth-order valence-corrected chi connectivity index (χ4v) is 3.73. The number of hydrogen-bond donors (Lipinski definition) is 2. The number of hydrogen-bond acceptors (Lipinski definition) is 3. The van der Waals surface area contributed by atoms with Crippen LogP contribution in [0.2, 0.25) is 0 Å². The van der Waals surface area contributed by atoms with Crippen LogP contribution in [0.1, 0.15) is 51.4 Å². The van der Waals surface area contributed by atoms with Gasteiger partial charge in [0, 0.05) is 12.6 Å². The maximum Gasteiger partial charge on any atom is 0.307 e. The molecule has 2 unspecified atom stereocenters. The van der Waals surface area contributed by atoms with Crippen LogP contribution in [0.3, 0.4) is 0 Å². The van der Waals surface area contributed by atoms with Crippen molar-refractivity contribution in [3.05, 3.63) is 0 Å². The van der Waals surface area contributed by atoms with Gasteiger partial charge in [-0.2, -0.15) is 0 Å². The number of aliphatic hydroxyl groups excluding tert-OH is 1. The molecule has 0 aromatic rings. The summed E-state index contributed by atoms with van der Waals surface area (Å²) in [7, 11) is 0. The van der Waals surface area contributed by atoms with Gasteiger partial charge in [-0.3, -0.25) is 9.59 Å². The average molecular weight is 283 g/mol. The summed E-state index contributed by atoms with van der Waals surface area (Å²) in [6.45, 7) is 0.291. The molecule has 2 atom stereocenters. The minimum absolute atomic E-state index is 0.0435. The smallest absolute Gasteiger partial charge is 0.307 e. The van der Waals surface area contributed by atoms with Crippen molar-refractivity contribution in [3.8, 4) is 0 Å². The number of carboxylic acid groups (broad SMARTS) is 1. The van der Waals surface area contributed by atoms with Crippen LogP contribution in [0.4, 0.5) is 0 Å². The molecule has 2 N–H and O–H groups in total. The maximum absolute atomic E-state index is 12.7. The Bertz CT molecular complexity index is 352. The number of rotatable bonds is 5. The Morgan fingerprint density at radius 3 is 2.05 bits per heavy atom. The van der Waals surface area contributed by atoms with E-state index in [-0.39, 0.29) is 18.6 Å². The molecule has 2 aliphatic carbocycles. The van der Waals surface area contributed by atoms with E-state index in [2.05, 4.69) is 0 Å². The van der Waals surface area contributed by atoms with Gasteiger partial charge in [0.25, 0.3) is 0 Å². The van der Waals surface area contributed by atoms with E-state index in [1.54, 1.807) is 4.90 Å². The number of nitrogens with zero attached hydrogens (tertiary/aromatic N) is 1. The van der Waals surface area contributed by atoms with E-state index in [4.69, 9.17) is 0 Å². The summed E-state index contributed by atoms with van der Waals surface area (Å²) in [5.74, 6) is -1.83. The fourth-order valence-electron chi connectivity index (χ4n) is 3.73. The van der Waals surface area contributed by atoms with Crippen LogP contribution in [-0.2, 0) is 9.59 Å². The number of carbonyl (C=O) groups is 2. The van der Waals surface area contributed by atoms with Gasteiger partial charge in [-0.15, -0.1) is 0 Å². The van der Waals surface area contributed by atoms with Crippen LogP contribution in [0.15, 0.2) is 0 Å². The van der Waals surface area contributed by atoms with Gasteiger partial charge in [0.1, 0.15) is 0 Å². The molecule has 2 fully saturated rings. The molecule has 1 amide bonds. The van der Waals surface area contributed by atoms with E-state index in [0.29, 0.717) is 19.4 Å². The van der Waals surface area contributed by atoms with Crippen LogP contribution in [-0.4, -0.2) is 46.2 Å². The quantitative estimate of drug-likeness (QED) is 0.804. The molecule has 0 saturated heterocycles. The molecule has 0 spiro atoms. The van der Waals surface area contributed by atoms with Crippen molar-refractivity contribution in [2.24, 2.45) is 11.8 Å². The van der Waals surface area contributed by atoms with Crippen molar-refractivity contribution in [1.29, 1.82) is 0 Å². The summed E-state index contributed by atoms with van der Waals surface area (Å²) in [6, 6.07) is 0.200. The van der Waals surface area contributed by atoms with Gasteiger partial charge in [-0.1, -0.05) is 25.7 Å². The highest BCUT2D eigenvalue weighted by Crippen LogP contribution is 2.34. The maximum atomic E-state index is 12.7. The van der Waals surface area contributed by atoms with Crippen molar-refractivity contribution in [2.45, 2.75) is 57.4 Å². The summed E-state index contributed by atoms with van der Waals surface area (Å²) >= 11 is 0. The topological polar surface area (TPSA) is 77.8 Å². The van der Waals surface area contributed by atoms with Crippen LogP contribution in [0.5, 0.6) is 0 Å². The van der Waals surface area contributed by atoms with E-state index in [1.165, 1.54) is 0 Å². The highest BCUT2D eigenvalue weighted by atomic mass is 16.4. The molecule has 2 rings (SSSR count). The summed E-state index contributed by atoms with van der Waals surface area (Å²) in [4.78, 5) is 25.9. The number of aliphatic hydroxyl groups is 1. The third-order valence-corrected chi connectivity index (χ3v) is 4.79. The molecule has 2 saturated carbocycles. The first kappa shape index (κ1) is 15.3. The molecule has 0 heterocycles. The Labute approximate surface area is 120 Å². The zero-order valence-corrected chi connectivity index (χ0v) is 12.0. The van der Waals surface area contributed by atoms with Crippen molar-refractivity contribution >= 4 is 11.9 Å². The minimum atomic E-state index is -0.849. The van der Waals surface area contributed by atoms with E-state index < -0.39 is 17.8 Å². The van der Waals surface area contributed by atoms with Gasteiger partial charge in [-0.05, 0) is 25.7 Å². The number of aliphatic carboxylic acids is 1. The van der Waals surface area contributed by atoms with E-state index in [0.717, 1.165) is 38.5 Å². The Hall–Kier alpha value is -1.10. The third-order valence-electron chi connectivity index (χ3n) is 4.79. The Balaban J connectivity index is 2.10. The van der Waals surface area contributed by atoms with E-state index >= 15 is 0 Å². The second kappa shape index (κ2) is 7.07. The number of carboxylic acids is 1. The van der Waals surface area contributed by atoms with Gasteiger partial charge in [0.2, 0.25) is 5.91 Å². The molecule has 0 aliphatic heterocycles. The van der Waals surface area contributed by atoms with Crippen molar-refractivity contribution in [1.82, 2.24) is 4.90 Å². The standard InChI is InChI=1S/C15H25NO4/c17-10-9-16(11-5-1-2-6-11)14(18)12-7-3-4-8-13(12)15(19)20/h11-13,17H,1-10H2,(H,19,20). The van der Waals surface area contributed by atoms with Gasteiger partial charge < -0.3 is 15.1 Å². The lowest BCUT2D eigenvalue weighted by molar-refractivity contribution is -0.153. The normalized spacial score (nSPS) is 27.4. The molecule has 5 nitrogen and oxygen atoms in total. The predicted molar refractivity (Wildman–Crippen MR) is 74.1 cm³/mol. The lowest BCUT2D eigenvalue weighted by atomic mass is 9.78. The lowest BCUT2D eigenvalue weighted by Crippen LogP contribution is -2.47. The van der Waals surface area contributed by atoms with E-state index in [9.17, 15) is 19.8 Å². The number of amides is 1. The first-order chi connectivity index (χ1) is 9.65. The van der Waals surface area contributed by atoms with Crippen molar-refractivity contribution in [2.75, 3.05) is 13.2 Å². The van der Waals surface area contributed by atoms with Crippen LogP contribution in [0.25, 0.3) is 0 Å². The molecule has 0 aromatic carbocycles. The minimum Gasteiger partial charge on any atom is -0.481 e. The zero-order chi connectivity index (χ0) is 14.5. The van der Waals surface area contributed by atoms with Crippen molar-refractivity contribution < 1.29 is 19.8 Å². The molecular formula is C15H25NO4. The van der Waals surface area contributed by atoms with Crippen LogP contribution >= 0.6 is 0 Å². The summed E-state index contributed by atoms with van der Waals surface area (Å²) < 4.78 is 0. The van der Waals surface area contributed by atoms with Crippen LogP contribution in [0, 0.1) is 11.8 Å². The molecular weight excluding hydrogens is 258 g/mol. The zero-order valence-electron chi connectivity index (χ0n) is 12.0. The first-order valence-corrected chi connectivity index (χ1v) is 7.79. The molecule has 0 radical (unpaired) electrons. The first-order valence-electron chi connectivity index (χ1n) is 7.79. The average Bonchev–Trinajstić information content (AvgIpc) is 2.98. The summed E-state index contributed by atoms with van der Waals surface area (Å²) in [5.41, 5.74) is 0. The van der Waals surface area contributed by atoms with Gasteiger partial charge in [0.15, 0.2) is 0 Å². The second-order valence-electron chi connectivity index (χ2n) is 6.03. The predicted octanol–water partition coefficient (Wildman–Crippen LogP) is 1.64. The molecule has 5 heteroatoms. The Kier molecular flexibility index (Phi) is 5.40. The molecule has 114 valence electrons. The van der Waals surface area contributed by atoms with E-state index in [1.807, 2.05) is 0 Å². The second-order valence-corrected chi connectivity index (χ2v) is 6.03. The van der Waals surface area contributed by atoms with Gasteiger partial charge >= 0.3 is 5.97 Å². The SMILES string of the molecule is O=C(O)C1CCCCC1C(=O)N(CCO)C1CCCC1. The highest BCUT2D eigenvalue weighted by molar-refractivity contribution is 5.85. The monoisotopic (exact) mass is 283 g/mol. The largest absolute Gasteiger partial charge is 0.481 e. The molecule has 0 bridgehead atoms. The van der Waals surface area contributed by atoms with Crippen molar-refractivity contribution in [3.63, 3.8) is 0 Å². The summed E-state index contributed by atoms with van der Waals surface area (Å²) in [6.07, 6.45) is 7.29. The van der Waals surface area contributed by atoms with Gasteiger partial charge in [-0.25, -0.2) is 0 Å². The fraction of sp³-hybridized carbons (Fsp3) is 0.867. The molecule has 20 heavy (non-hydrogen) atoms. The summed E-state index contributed by atoms with van der Waals surface area (Å²) in [5, 5.41) is 18.5. The molecule has 0 aromatic heterocycles. The van der Waals surface area contributed by atoms with Crippen LogP contribution < -0.4 is 0 Å². The van der Waals surface area contributed by atoms with Gasteiger partial charge in [0.05, 0.1) is 18.4 Å². The Morgan fingerprint density at radius 1 is 0.950 bits per heavy atom. The lowest BCUT2D eigenvalue weighted by Gasteiger charge is -2.35. The third kappa shape index (κ3) is 3.32. The highest BCUT2D eigenvalue weighted by Gasteiger charge is 2.39. The molecule has 2 aliphatic rings. The Morgan fingerprint density at radius 2 is 1.50 bits per heavy atom.